The highest BCUT2D eigenvalue weighted by atomic mass is 35.5. The third-order valence-corrected chi connectivity index (χ3v) is 4.07. The van der Waals surface area contributed by atoms with Crippen LogP contribution < -0.4 is 4.74 Å². The highest BCUT2D eigenvalue weighted by Gasteiger charge is 2.49. The SMILES string of the molecule is COc1ccc2nc(C(C)Cl)n(C3CC3(C)C)c2n1. The summed E-state index contributed by atoms with van der Waals surface area (Å²) in [7, 11) is 1.63. The molecule has 0 spiro atoms. The van der Waals surface area contributed by atoms with Gasteiger partial charge in [-0.2, -0.15) is 4.98 Å². The van der Waals surface area contributed by atoms with Crippen molar-refractivity contribution < 1.29 is 4.74 Å². The van der Waals surface area contributed by atoms with Gasteiger partial charge >= 0.3 is 0 Å². The van der Waals surface area contributed by atoms with Gasteiger partial charge in [-0.15, -0.1) is 11.6 Å². The molecular weight excluding hydrogens is 262 g/mol. The molecule has 102 valence electrons. The number of hydrogen-bond donors (Lipinski definition) is 0. The number of nitrogens with zero attached hydrogens (tertiary/aromatic N) is 3. The first kappa shape index (κ1) is 12.7. The topological polar surface area (TPSA) is 39.9 Å². The van der Waals surface area contributed by atoms with E-state index in [9.17, 15) is 0 Å². The molecule has 0 amide bonds. The molecule has 2 unspecified atom stereocenters. The molecule has 0 N–H and O–H groups in total. The van der Waals surface area contributed by atoms with E-state index in [2.05, 4.69) is 28.4 Å². The fraction of sp³-hybridized carbons (Fsp3) is 0.571. The molecule has 1 fully saturated rings. The molecule has 1 aliphatic rings. The molecule has 2 aromatic heterocycles. The number of halogens is 1. The lowest BCUT2D eigenvalue weighted by molar-refractivity contribution is 0.398. The van der Waals surface area contributed by atoms with Gasteiger partial charge in [-0.05, 0) is 24.8 Å². The summed E-state index contributed by atoms with van der Waals surface area (Å²) < 4.78 is 7.40. The quantitative estimate of drug-likeness (QED) is 0.804. The molecule has 1 saturated carbocycles. The summed E-state index contributed by atoms with van der Waals surface area (Å²) in [5.41, 5.74) is 2.04. The number of methoxy groups -OCH3 is 1. The van der Waals surface area contributed by atoms with Crippen LogP contribution >= 0.6 is 11.6 Å². The number of pyridine rings is 1. The van der Waals surface area contributed by atoms with Crippen LogP contribution in [0.15, 0.2) is 12.1 Å². The Hall–Kier alpha value is -1.29. The largest absolute Gasteiger partial charge is 0.481 e. The van der Waals surface area contributed by atoms with Gasteiger partial charge in [0.05, 0.1) is 12.5 Å². The molecule has 2 aromatic rings. The predicted molar refractivity (Wildman–Crippen MR) is 75.8 cm³/mol. The van der Waals surface area contributed by atoms with Crippen LogP contribution in [0.4, 0.5) is 0 Å². The highest BCUT2D eigenvalue weighted by molar-refractivity contribution is 6.20. The fourth-order valence-corrected chi connectivity index (χ4v) is 2.71. The lowest BCUT2D eigenvalue weighted by atomic mass is 10.2. The van der Waals surface area contributed by atoms with E-state index in [1.54, 1.807) is 7.11 Å². The van der Waals surface area contributed by atoms with Crippen LogP contribution in [0.3, 0.4) is 0 Å². The van der Waals surface area contributed by atoms with Crippen molar-refractivity contribution in [2.75, 3.05) is 7.11 Å². The molecule has 3 rings (SSSR count). The maximum atomic E-state index is 6.28. The summed E-state index contributed by atoms with van der Waals surface area (Å²) in [6.45, 7) is 6.46. The zero-order valence-corrected chi connectivity index (χ0v) is 12.4. The molecule has 1 aliphatic carbocycles. The molecule has 0 aromatic carbocycles. The van der Waals surface area contributed by atoms with Gasteiger partial charge in [0.2, 0.25) is 5.88 Å². The van der Waals surface area contributed by atoms with Crippen molar-refractivity contribution in [2.45, 2.75) is 38.6 Å². The van der Waals surface area contributed by atoms with Crippen molar-refractivity contribution in [1.82, 2.24) is 14.5 Å². The van der Waals surface area contributed by atoms with E-state index < -0.39 is 0 Å². The van der Waals surface area contributed by atoms with E-state index in [1.807, 2.05) is 19.1 Å². The van der Waals surface area contributed by atoms with Gasteiger partial charge in [0.1, 0.15) is 11.3 Å². The summed E-state index contributed by atoms with van der Waals surface area (Å²) in [6, 6.07) is 4.20. The molecule has 0 saturated heterocycles. The minimum atomic E-state index is -0.128. The van der Waals surface area contributed by atoms with E-state index >= 15 is 0 Å². The summed E-state index contributed by atoms with van der Waals surface area (Å²) in [5.74, 6) is 1.51. The number of rotatable bonds is 3. The minimum Gasteiger partial charge on any atom is -0.481 e. The van der Waals surface area contributed by atoms with Crippen LogP contribution in [-0.4, -0.2) is 21.6 Å². The molecule has 0 bridgehead atoms. The number of ether oxygens (including phenoxy) is 1. The highest BCUT2D eigenvalue weighted by Crippen LogP contribution is 2.57. The number of fused-ring (bicyclic) bond motifs is 1. The molecule has 0 aliphatic heterocycles. The van der Waals surface area contributed by atoms with Crippen molar-refractivity contribution in [3.8, 4) is 5.88 Å². The second kappa shape index (κ2) is 4.10. The zero-order valence-electron chi connectivity index (χ0n) is 11.6. The van der Waals surface area contributed by atoms with E-state index in [0.717, 1.165) is 23.4 Å². The molecular formula is C14H18ClN3O. The van der Waals surface area contributed by atoms with Crippen LogP contribution in [-0.2, 0) is 0 Å². The maximum absolute atomic E-state index is 6.28. The van der Waals surface area contributed by atoms with E-state index in [1.165, 1.54) is 0 Å². The Labute approximate surface area is 117 Å². The summed E-state index contributed by atoms with van der Waals surface area (Å²) >= 11 is 6.28. The summed E-state index contributed by atoms with van der Waals surface area (Å²) in [5, 5.41) is -0.128. The molecule has 2 atom stereocenters. The van der Waals surface area contributed by atoms with E-state index in [0.29, 0.717) is 17.3 Å². The Morgan fingerprint density at radius 3 is 2.63 bits per heavy atom. The smallest absolute Gasteiger partial charge is 0.215 e. The van der Waals surface area contributed by atoms with Gasteiger partial charge in [0.25, 0.3) is 0 Å². The van der Waals surface area contributed by atoms with Crippen molar-refractivity contribution in [2.24, 2.45) is 5.41 Å². The Kier molecular flexibility index (Phi) is 2.75. The molecule has 0 radical (unpaired) electrons. The van der Waals surface area contributed by atoms with Crippen molar-refractivity contribution in [1.29, 1.82) is 0 Å². The predicted octanol–water partition coefficient (Wildman–Crippen LogP) is 3.71. The van der Waals surface area contributed by atoms with Gasteiger partial charge in [-0.25, -0.2) is 4.98 Å². The van der Waals surface area contributed by atoms with Crippen molar-refractivity contribution in [3.05, 3.63) is 18.0 Å². The third kappa shape index (κ3) is 1.98. The number of hydrogen-bond acceptors (Lipinski definition) is 3. The van der Waals surface area contributed by atoms with Gasteiger partial charge in [-0.1, -0.05) is 13.8 Å². The number of imidazole rings is 1. The van der Waals surface area contributed by atoms with Gasteiger partial charge < -0.3 is 9.30 Å². The standard InChI is InChI=1S/C14H18ClN3O/c1-8(15)12-16-9-5-6-11(19-4)17-13(9)18(12)10-7-14(10,2)3/h5-6,8,10H,7H2,1-4H3. The number of aromatic nitrogens is 3. The Balaban J connectivity index is 2.22. The molecule has 19 heavy (non-hydrogen) atoms. The molecule has 4 nitrogen and oxygen atoms in total. The Bertz CT molecular complexity index is 633. The van der Waals surface area contributed by atoms with Crippen molar-refractivity contribution >= 4 is 22.8 Å². The molecule has 2 heterocycles. The lowest BCUT2D eigenvalue weighted by Crippen LogP contribution is -2.07. The maximum Gasteiger partial charge on any atom is 0.215 e. The van der Waals surface area contributed by atoms with Gasteiger partial charge in [0, 0.05) is 12.1 Å². The first-order chi connectivity index (χ1) is 8.94. The first-order valence-electron chi connectivity index (χ1n) is 6.51. The van der Waals surface area contributed by atoms with Gasteiger partial charge in [0.15, 0.2) is 5.65 Å². The number of alkyl halides is 1. The van der Waals surface area contributed by atoms with Crippen LogP contribution in [0.5, 0.6) is 5.88 Å². The first-order valence-corrected chi connectivity index (χ1v) is 6.94. The third-order valence-electron chi connectivity index (χ3n) is 3.88. The monoisotopic (exact) mass is 279 g/mol. The zero-order chi connectivity index (χ0) is 13.8. The lowest BCUT2D eigenvalue weighted by Gasteiger charge is -2.11. The molecule has 5 heteroatoms. The second-order valence-corrected chi connectivity index (χ2v) is 6.52. The Morgan fingerprint density at radius 2 is 2.11 bits per heavy atom. The van der Waals surface area contributed by atoms with Crippen molar-refractivity contribution in [3.63, 3.8) is 0 Å². The van der Waals surface area contributed by atoms with Crippen LogP contribution in [0, 0.1) is 5.41 Å². The minimum absolute atomic E-state index is 0.128. The normalized spacial score (nSPS) is 22.5. The van der Waals surface area contributed by atoms with Crippen LogP contribution in [0.1, 0.15) is 44.4 Å². The van der Waals surface area contributed by atoms with E-state index in [4.69, 9.17) is 16.3 Å². The van der Waals surface area contributed by atoms with Crippen LogP contribution in [0.2, 0.25) is 0 Å². The summed E-state index contributed by atoms with van der Waals surface area (Å²) in [6.07, 6.45) is 1.13. The van der Waals surface area contributed by atoms with Crippen LogP contribution in [0.25, 0.3) is 11.2 Å². The average molecular weight is 280 g/mol. The average Bonchev–Trinajstić information content (AvgIpc) is 2.84. The Morgan fingerprint density at radius 1 is 1.42 bits per heavy atom. The van der Waals surface area contributed by atoms with Gasteiger partial charge in [-0.3, -0.25) is 0 Å². The van der Waals surface area contributed by atoms with E-state index in [-0.39, 0.29) is 5.38 Å². The second-order valence-electron chi connectivity index (χ2n) is 5.86. The summed E-state index contributed by atoms with van der Waals surface area (Å²) in [4.78, 5) is 9.17. The fourth-order valence-electron chi connectivity index (χ4n) is 2.56.